The number of nitrogens with one attached hydrogen (secondary N) is 2. The third-order valence-corrected chi connectivity index (χ3v) is 3.57. The number of carbonyl (C=O) groups excluding carboxylic acids is 1. The molecule has 1 fully saturated rings. The molecule has 0 saturated heterocycles. The number of halogens is 3. The lowest BCUT2D eigenvalue weighted by molar-refractivity contribution is -0.148. The van der Waals surface area contributed by atoms with Gasteiger partial charge in [0.05, 0.1) is 0 Å². The Morgan fingerprint density at radius 1 is 1.19 bits per heavy atom. The van der Waals surface area contributed by atoms with E-state index in [1.54, 1.807) is 0 Å². The van der Waals surface area contributed by atoms with Crippen LogP contribution in [0.3, 0.4) is 0 Å². The van der Waals surface area contributed by atoms with E-state index in [9.17, 15) is 22.8 Å². The van der Waals surface area contributed by atoms with Gasteiger partial charge < -0.3 is 15.7 Å². The number of amides is 2. The molecule has 0 heterocycles. The molecule has 0 bridgehead atoms. The largest absolute Gasteiger partial charge is 0.481 e. The average Bonchev–Trinajstić information content (AvgIpc) is 2.35. The van der Waals surface area contributed by atoms with Crippen molar-refractivity contribution >= 4 is 12.0 Å². The van der Waals surface area contributed by atoms with Crippen molar-refractivity contribution in [3.63, 3.8) is 0 Å². The van der Waals surface area contributed by atoms with Crippen molar-refractivity contribution in [1.29, 1.82) is 0 Å². The van der Waals surface area contributed by atoms with Crippen LogP contribution in [0.4, 0.5) is 18.0 Å². The van der Waals surface area contributed by atoms with E-state index in [1.807, 2.05) is 0 Å². The molecule has 5 nitrogen and oxygen atoms in total. The molecule has 8 heteroatoms. The molecule has 122 valence electrons. The predicted octanol–water partition coefficient (Wildman–Crippen LogP) is 2.66. The fourth-order valence-corrected chi connectivity index (χ4v) is 2.60. The van der Waals surface area contributed by atoms with Crippen LogP contribution < -0.4 is 10.6 Å². The van der Waals surface area contributed by atoms with E-state index in [4.69, 9.17) is 5.11 Å². The molecular weight excluding hydrogens is 289 g/mol. The zero-order valence-electron chi connectivity index (χ0n) is 11.7. The predicted molar refractivity (Wildman–Crippen MR) is 69.8 cm³/mol. The van der Waals surface area contributed by atoms with E-state index < -0.39 is 36.6 Å². The number of carbonyl (C=O) groups is 2. The van der Waals surface area contributed by atoms with Gasteiger partial charge in [0, 0.05) is 25.4 Å². The summed E-state index contributed by atoms with van der Waals surface area (Å²) in [5, 5.41) is 13.5. The Labute approximate surface area is 121 Å². The van der Waals surface area contributed by atoms with E-state index in [0.717, 1.165) is 12.8 Å². The fraction of sp³-hybridized carbons (Fsp3) is 0.846. The van der Waals surface area contributed by atoms with Gasteiger partial charge in [0.25, 0.3) is 0 Å². The first-order chi connectivity index (χ1) is 9.78. The third-order valence-electron chi connectivity index (χ3n) is 3.57. The molecule has 0 aromatic heterocycles. The van der Waals surface area contributed by atoms with E-state index in [2.05, 4.69) is 10.6 Å². The molecule has 1 rings (SSSR count). The Kier molecular flexibility index (Phi) is 6.77. The highest BCUT2D eigenvalue weighted by molar-refractivity contribution is 5.74. The van der Waals surface area contributed by atoms with Crippen molar-refractivity contribution in [2.45, 2.75) is 57.2 Å². The Bertz CT molecular complexity index is 361. The number of carboxylic acid groups (broad SMARTS) is 1. The number of aliphatic carboxylic acids is 1. The Morgan fingerprint density at radius 3 is 2.48 bits per heavy atom. The molecule has 1 aliphatic rings. The van der Waals surface area contributed by atoms with Gasteiger partial charge in [-0.3, -0.25) is 4.79 Å². The minimum atomic E-state index is -4.22. The number of hydrogen-bond acceptors (Lipinski definition) is 2. The van der Waals surface area contributed by atoms with Gasteiger partial charge in [-0.2, -0.15) is 13.2 Å². The number of alkyl halides is 3. The number of carboxylic acids is 1. The first-order valence-corrected chi connectivity index (χ1v) is 7.11. The third kappa shape index (κ3) is 7.77. The van der Waals surface area contributed by atoms with Crippen molar-refractivity contribution in [2.24, 2.45) is 5.92 Å². The molecule has 0 aromatic rings. The quantitative estimate of drug-likeness (QED) is 0.660. The summed E-state index contributed by atoms with van der Waals surface area (Å²) in [4.78, 5) is 21.9. The van der Waals surface area contributed by atoms with Crippen LogP contribution in [0, 0.1) is 5.92 Å². The van der Waals surface area contributed by atoms with Crippen molar-refractivity contribution in [2.75, 3.05) is 6.54 Å². The normalized spacial score (nSPS) is 22.6. The van der Waals surface area contributed by atoms with E-state index in [-0.39, 0.29) is 13.0 Å². The molecule has 0 aliphatic heterocycles. The zero-order chi connectivity index (χ0) is 15.9. The minimum absolute atomic E-state index is 0.0552. The van der Waals surface area contributed by atoms with Crippen molar-refractivity contribution in [3.05, 3.63) is 0 Å². The van der Waals surface area contributed by atoms with Gasteiger partial charge in [-0.1, -0.05) is 12.8 Å². The molecule has 3 N–H and O–H groups in total. The van der Waals surface area contributed by atoms with Crippen LogP contribution in [0.1, 0.15) is 44.9 Å². The molecule has 2 atom stereocenters. The van der Waals surface area contributed by atoms with Gasteiger partial charge in [-0.05, 0) is 25.2 Å². The zero-order valence-corrected chi connectivity index (χ0v) is 11.7. The van der Waals surface area contributed by atoms with Crippen LogP contribution in [0.15, 0.2) is 0 Å². The topological polar surface area (TPSA) is 78.4 Å². The average molecular weight is 310 g/mol. The number of rotatable bonds is 6. The molecule has 0 unspecified atom stereocenters. The summed E-state index contributed by atoms with van der Waals surface area (Å²) in [5.74, 6) is -1.53. The maximum Gasteiger partial charge on any atom is 0.389 e. The van der Waals surface area contributed by atoms with Crippen molar-refractivity contribution in [1.82, 2.24) is 10.6 Å². The lowest BCUT2D eigenvalue weighted by Crippen LogP contribution is -2.47. The second kappa shape index (κ2) is 8.09. The summed E-state index contributed by atoms with van der Waals surface area (Å²) < 4.78 is 37.5. The Hall–Kier alpha value is -1.47. The maximum atomic E-state index is 12.5. The molecule has 1 aliphatic carbocycles. The standard InChI is InChI=1S/C13H21F3N2O3/c14-13(15,16)8-9-4-1-2-5-10(9)18-12(21)17-7-3-6-11(19)20/h9-10H,1-8H2,(H,19,20)(H2,17,18,21)/t9-,10-/m0/s1. The maximum absolute atomic E-state index is 12.5. The second-order valence-corrected chi connectivity index (χ2v) is 5.37. The van der Waals surface area contributed by atoms with E-state index in [0.29, 0.717) is 19.3 Å². The number of hydrogen-bond donors (Lipinski definition) is 3. The molecule has 0 aromatic carbocycles. The van der Waals surface area contributed by atoms with E-state index in [1.165, 1.54) is 0 Å². The second-order valence-electron chi connectivity index (χ2n) is 5.37. The summed E-state index contributed by atoms with van der Waals surface area (Å²) in [5.41, 5.74) is 0. The molecule has 0 radical (unpaired) electrons. The van der Waals surface area contributed by atoms with Gasteiger partial charge in [-0.25, -0.2) is 4.79 Å². The van der Waals surface area contributed by atoms with E-state index >= 15 is 0 Å². The van der Waals surface area contributed by atoms with Crippen LogP contribution >= 0.6 is 0 Å². The lowest BCUT2D eigenvalue weighted by atomic mass is 9.82. The van der Waals surface area contributed by atoms with Crippen LogP contribution in [0.25, 0.3) is 0 Å². The summed E-state index contributed by atoms with van der Waals surface area (Å²) >= 11 is 0. The summed E-state index contributed by atoms with van der Waals surface area (Å²) in [6.45, 7) is 0.189. The molecule has 0 spiro atoms. The summed E-state index contributed by atoms with van der Waals surface area (Å²) in [6.07, 6.45) is -2.30. The number of urea groups is 1. The van der Waals surface area contributed by atoms with Crippen LogP contribution in [-0.4, -0.2) is 35.9 Å². The van der Waals surface area contributed by atoms with Crippen LogP contribution in [0.5, 0.6) is 0 Å². The molecule has 1 saturated carbocycles. The Balaban J connectivity index is 2.35. The summed E-state index contributed by atoms with van der Waals surface area (Å²) in [7, 11) is 0. The summed E-state index contributed by atoms with van der Waals surface area (Å²) in [6, 6.07) is -1.00. The first-order valence-electron chi connectivity index (χ1n) is 7.11. The van der Waals surface area contributed by atoms with Gasteiger partial charge in [0.1, 0.15) is 0 Å². The minimum Gasteiger partial charge on any atom is -0.481 e. The van der Waals surface area contributed by atoms with Crippen LogP contribution in [-0.2, 0) is 4.79 Å². The van der Waals surface area contributed by atoms with Gasteiger partial charge >= 0.3 is 18.2 Å². The van der Waals surface area contributed by atoms with Gasteiger partial charge in [0.15, 0.2) is 0 Å². The highest BCUT2D eigenvalue weighted by Gasteiger charge is 2.37. The SMILES string of the molecule is O=C(O)CCCNC(=O)N[C@H]1CCCC[C@H]1CC(F)(F)F. The van der Waals surface area contributed by atoms with Gasteiger partial charge in [0.2, 0.25) is 0 Å². The van der Waals surface area contributed by atoms with Gasteiger partial charge in [-0.15, -0.1) is 0 Å². The first kappa shape index (κ1) is 17.6. The van der Waals surface area contributed by atoms with Crippen molar-refractivity contribution < 1.29 is 27.9 Å². The fourth-order valence-electron chi connectivity index (χ4n) is 2.60. The smallest absolute Gasteiger partial charge is 0.389 e. The highest BCUT2D eigenvalue weighted by Crippen LogP contribution is 2.34. The molecule has 21 heavy (non-hydrogen) atoms. The Morgan fingerprint density at radius 2 is 1.86 bits per heavy atom. The molecular formula is C13H21F3N2O3. The molecule has 2 amide bonds. The lowest BCUT2D eigenvalue weighted by Gasteiger charge is -2.32. The monoisotopic (exact) mass is 310 g/mol. The van der Waals surface area contributed by atoms with Crippen LogP contribution in [0.2, 0.25) is 0 Å². The highest BCUT2D eigenvalue weighted by atomic mass is 19.4. The van der Waals surface area contributed by atoms with Crippen molar-refractivity contribution in [3.8, 4) is 0 Å².